The molecule has 1 saturated heterocycles. The number of carbonyl (C=O) groups is 1. The molecule has 6 heteroatoms. The van der Waals surface area contributed by atoms with Crippen LogP contribution in [0.5, 0.6) is 0 Å². The molecule has 0 aromatic carbocycles. The molecular formula is C20H25N3O2S. The van der Waals surface area contributed by atoms with Gasteiger partial charge in [0.1, 0.15) is 5.82 Å². The van der Waals surface area contributed by atoms with Gasteiger partial charge in [-0.1, -0.05) is 6.07 Å². The minimum Gasteiger partial charge on any atom is -0.372 e. The van der Waals surface area contributed by atoms with Crippen LogP contribution in [-0.4, -0.2) is 36.2 Å². The van der Waals surface area contributed by atoms with E-state index >= 15 is 0 Å². The van der Waals surface area contributed by atoms with Crippen molar-refractivity contribution in [3.05, 3.63) is 51.9 Å². The number of rotatable bonds is 5. The van der Waals surface area contributed by atoms with Gasteiger partial charge in [-0.2, -0.15) is 0 Å². The van der Waals surface area contributed by atoms with Gasteiger partial charge >= 0.3 is 0 Å². The Hall–Kier alpha value is -2.18. The number of morpholine rings is 1. The zero-order chi connectivity index (χ0) is 18.5. The number of nitrogens with one attached hydrogen (secondary N) is 1. The lowest BCUT2D eigenvalue weighted by atomic mass is 10.2. The molecular weight excluding hydrogens is 346 g/mol. The van der Waals surface area contributed by atoms with Crippen molar-refractivity contribution in [3.63, 3.8) is 0 Å². The number of aryl methyl sites for hydroxylation is 1. The van der Waals surface area contributed by atoms with Gasteiger partial charge in [0.2, 0.25) is 5.91 Å². The van der Waals surface area contributed by atoms with E-state index in [4.69, 9.17) is 4.74 Å². The van der Waals surface area contributed by atoms with Crippen LogP contribution in [0.25, 0.3) is 6.08 Å². The number of pyridine rings is 1. The highest BCUT2D eigenvalue weighted by molar-refractivity contribution is 7.12. The molecule has 3 rings (SSSR count). The highest BCUT2D eigenvalue weighted by Crippen LogP contribution is 2.18. The number of amides is 1. The topological polar surface area (TPSA) is 54.5 Å². The van der Waals surface area contributed by atoms with E-state index in [0.29, 0.717) is 6.54 Å². The first-order chi connectivity index (χ1) is 12.5. The highest BCUT2D eigenvalue weighted by Gasteiger charge is 2.22. The van der Waals surface area contributed by atoms with E-state index in [0.717, 1.165) is 29.3 Å². The van der Waals surface area contributed by atoms with Crippen molar-refractivity contribution in [2.75, 3.05) is 18.0 Å². The van der Waals surface area contributed by atoms with Crippen molar-refractivity contribution in [1.29, 1.82) is 0 Å². The molecule has 26 heavy (non-hydrogen) atoms. The Morgan fingerprint density at radius 2 is 2.08 bits per heavy atom. The number of anilines is 1. The molecule has 1 amide bonds. The van der Waals surface area contributed by atoms with Crippen molar-refractivity contribution in [3.8, 4) is 0 Å². The van der Waals surface area contributed by atoms with Crippen LogP contribution in [0.2, 0.25) is 0 Å². The summed E-state index contributed by atoms with van der Waals surface area (Å²) in [7, 11) is 0. The predicted molar refractivity (Wildman–Crippen MR) is 106 cm³/mol. The molecule has 0 radical (unpaired) electrons. The molecule has 3 heterocycles. The zero-order valence-electron chi connectivity index (χ0n) is 15.4. The molecule has 1 aliphatic rings. The van der Waals surface area contributed by atoms with Crippen LogP contribution in [0.1, 0.15) is 29.2 Å². The summed E-state index contributed by atoms with van der Waals surface area (Å²) in [5.41, 5.74) is 0.983. The van der Waals surface area contributed by atoms with E-state index in [1.165, 1.54) is 4.88 Å². The number of hydrogen-bond donors (Lipinski definition) is 1. The number of aromatic nitrogens is 1. The molecule has 0 aliphatic carbocycles. The van der Waals surface area contributed by atoms with Gasteiger partial charge < -0.3 is 15.0 Å². The summed E-state index contributed by atoms with van der Waals surface area (Å²) >= 11 is 1.67. The fraction of sp³-hybridized carbons (Fsp3) is 0.400. The van der Waals surface area contributed by atoms with Crippen LogP contribution >= 0.6 is 11.3 Å². The quantitative estimate of drug-likeness (QED) is 0.819. The molecule has 2 aromatic heterocycles. The molecule has 0 bridgehead atoms. The molecule has 0 spiro atoms. The summed E-state index contributed by atoms with van der Waals surface area (Å²) in [6.07, 6.45) is 5.66. The second-order valence-electron chi connectivity index (χ2n) is 6.69. The summed E-state index contributed by atoms with van der Waals surface area (Å²) in [6.45, 7) is 8.38. The van der Waals surface area contributed by atoms with Crippen LogP contribution in [0.3, 0.4) is 0 Å². The average molecular weight is 372 g/mol. The van der Waals surface area contributed by atoms with Crippen LogP contribution in [0.15, 0.2) is 36.5 Å². The van der Waals surface area contributed by atoms with E-state index in [1.54, 1.807) is 17.4 Å². The minimum atomic E-state index is -0.101. The van der Waals surface area contributed by atoms with Crippen molar-refractivity contribution in [1.82, 2.24) is 10.3 Å². The number of thiophene rings is 1. The van der Waals surface area contributed by atoms with Gasteiger partial charge in [0, 0.05) is 41.7 Å². The molecule has 0 unspecified atom stereocenters. The van der Waals surface area contributed by atoms with Gasteiger partial charge in [0.25, 0.3) is 0 Å². The maximum absolute atomic E-state index is 11.9. The van der Waals surface area contributed by atoms with Crippen LogP contribution < -0.4 is 10.2 Å². The maximum Gasteiger partial charge on any atom is 0.244 e. The summed E-state index contributed by atoms with van der Waals surface area (Å²) in [4.78, 5) is 21.1. The predicted octanol–water partition coefficient (Wildman–Crippen LogP) is 3.39. The van der Waals surface area contributed by atoms with Crippen molar-refractivity contribution < 1.29 is 9.53 Å². The summed E-state index contributed by atoms with van der Waals surface area (Å²) in [5, 5.41) is 2.89. The smallest absolute Gasteiger partial charge is 0.244 e. The van der Waals surface area contributed by atoms with Crippen molar-refractivity contribution in [2.24, 2.45) is 0 Å². The summed E-state index contributed by atoms with van der Waals surface area (Å²) in [6, 6.07) is 8.08. The first-order valence-corrected chi connectivity index (χ1v) is 9.69. The second kappa shape index (κ2) is 8.47. The molecule has 2 atom stereocenters. The van der Waals surface area contributed by atoms with Crippen molar-refractivity contribution in [2.45, 2.75) is 39.5 Å². The zero-order valence-corrected chi connectivity index (χ0v) is 16.3. The molecule has 5 nitrogen and oxygen atoms in total. The third-order valence-electron chi connectivity index (χ3n) is 4.18. The lowest BCUT2D eigenvalue weighted by Gasteiger charge is -2.36. The highest BCUT2D eigenvalue weighted by atomic mass is 32.1. The SMILES string of the molecule is Cc1ccc(/C=C/C(=O)NCc2ccc(N3C[C@H](C)O[C@@H](C)C3)nc2)s1. The van der Waals surface area contributed by atoms with Gasteiger partial charge in [0.15, 0.2) is 0 Å². The first-order valence-electron chi connectivity index (χ1n) is 8.87. The van der Waals surface area contributed by atoms with E-state index in [9.17, 15) is 4.79 Å². The van der Waals surface area contributed by atoms with Crippen LogP contribution in [-0.2, 0) is 16.1 Å². The number of ether oxygens (including phenoxy) is 1. The Labute approximate surface area is 158 Å². The number of nitrogens with zero attached hydrogens (tertiary/aromatic N) is 2. The second-order valence-corrected chi connectivity index (χ2v) is 8.01. The van der Waals surface area contributed by atoms with Crippen LogP contribution in [0, 0.1) is 6.92 Å². The largest absolute Gasteiger partial charge is 0.372 e. The van der Waals surface area contributed by atoms with Gasteiger partial charge in [-0.05, 0) is 50.6 Å². The number of hydrogen-bond acceptors (Lipinski definition) is 5. The first kappa shape index (κ1) is 18.6. The lowest BCUT2D eigenvalue weighted by molar-refractivity contribution is -0.116. The number of carbonyl (C=O) groups excluding carboxylic acids is 1. The molecule has 138 valence electrons. The Balaban J connectivity index is 1.51. The molecule has 1 aliphatic heterocycles. The van der Waals surface area contributed by atoms with Gasteiger partial charge in [-0.25, -0.2) is 4.98 Å². The van der Waals surface area contributed by atoms with Crippen molar-refractivity contribution >= 4 is 29.1 Å². The van der Waals surface area contributed by atoms with Crippen LogP contribution in [0.4, 0.5) is 5.82 Å². The normalized spacial score (nSPS) is 20.5. The minimum absolute atomic E-state index is 0.101. The summed E-state index contributed by atoms with van der Waals surface area (Å²) < 4.78 is 5.76. The Kier molecular flexibility index (Phi) is 6.06. The monoisotopic (exact) mass is 371 g/mol. The standard InChI is InChI=1S/C20H25N3O2S/c1-14-12-23(13-15(2)25-14)19-8-5-17(10-21-19)11-22-20(24)9-7-18-6-4-16(3)26-18/h4-10,14-15H,11-13H2,1-3H3,(H,22,24)/b9-7+/t14-,15-/m0/s1. The Morgan fingerprint density at radius 1 is 1.31 bits per heavy atom. The fourth-order valence-corrected chi connectivity index (χ4v) is 3.80. The molecule has 2 aromatic rings. The maximum atomic E-state index is 11.9. The van der Waals surface area contributed by atoms with E-state index in [-0.39, 0.29) is 18.1 Å². The van der Waals surface area contributed by atoms with Gasteiger partial charge in [-0.15, -0.1) is 11.3 Å². The Morgan fingerprint density at radius 3 is 2.69 bits per heavy atom. The van der Waals surface area contributed by atoms with Gasteiger partial charge in [0.05, 0.1) is 12.2 Å². The van der Waals surface area contributed by atoms with E-state index < -0.39 is 0 Å². The third kappa shape index (κ3) is 5.16. The average Bonchev–Trinajstić information content (AvgIpc) is 3.03. The third-order valence-corrected chi connectivity index (χ3v) is 5.15. The van der Waals surface area contributed by atoms with E-state index in [2.05, 4.69) is 36.0 Å². The van der Waals surface area contributed by atoms with Gasteiger partial charge in [-0.3, -0.25) is 4.79 Å². The summed E-state index contributed by atoms with van der Waals surface area (Å²) in [5.74, 6) is 0.853. The molecule has 1 N–H and O–H groups in total. The molecule has 0 saturated carbocycles. The van der Waals surface area contributed by atoms with E-state index in [1.807, 2.05) is 36.5 Å². The molecule has 1 fully saturated rings. The Bertz CT molecular complexity index is 760. The lowest BCUT2D eigenvalue weighted by Crippen LogP contribution is -2.45. The fourth-order valence-electron chi connectivity index (χ4n) is 3.02.